The van der Waals surface area contributed by atoms with Gasteiger partial charge in [-0.15, -0.1) is 0 Å². The summed E-state index contributed by atoms with van der Waals surface area (Å²) >= 11 is 0. The van der Waals surface area contributed by atoms with Crippen LogP contribution in [0, 0.1) is 6.92 Å². The summed E-state index contributed by atoms with van der Waals surface area (Å²) in [6.07, 6.45) is -1.16. The number of phenols is 1. The number of pyridine rings is 1. The quantitative estimate of drug-likeness (QED) is 0.664. The number of alkyl halides is 3. The molecule has 3 N–H and O–H groups in total. The van der Waals surface area contributed by atoms with Crippen LogP contribution in [0.2, 0.25) is 0 Å². The molecule has 1 aromatic carbocycles. The summed E-state index contributed by atoms with van der Waals surface area (Å²) < 4.78 is 39.0. The Bertz CT molecular complexity index is 987. The second-order valence-corrected chi connectivity index (χ2v) is 9.26. The molecule has 1 aromatic heterocycles. The highest BCUT2D eigenvalue weighted by Gasteiger charge is 2.50. The van der Waals surface area contributed by atoms with E-state index in [1.54, 1.807) is 24.0 Å². The first-order valence-corrected chi connectivity index (χ1v) is 10.7. The molecule has 2 heterocycles. The number of nitrogens with one attached hydrogen (secondary N) is 1. The van der Waals surface area contributed by atoms with E-state index < -0.39 is 18.2 Å². The molecule has 1 spiro atoms. The first kappa shape index (κ1) is 22.8. The van der Waals surface area contributed by atoms with Crippen molar-refractivity contribution >= 4 is 5.69 Å². The normalized spacial score (nSPS) is 28.6. The summed E-state index contributed by atoms with van der Waals surface area (Å²) in [7, 11) is 4.06. The van der Waals surface area contributed by atoms with E-state index in [-0.39, 0.29) is 16.8 Å². The van der Waals surface area contributed by atoms with Gasteiger partial charge in [0.1, 0.15) is 11.4 Å². The fourth-order valence-corrected chi connectivity index (χ4v) is 5.27. The standard InChI is InChI=1S/C23H29F3N4O2/c1-15-11-19(23(24,25)26)27-13-18(15)30-14-21(28-20(30)32)7-9-22(10-8-21,29(2)3)16-5-4-6-17(31)12-16/h4-6,11-13,20,28,31-32H,7-10,14H2,1-3H3. The first-order chi connectivity index (χ1) is 15.0. The van der Waals surface area contributed by atoms with E-state index in [0.29, 0.717) is 17.8 Å². The average molecular weight is 451 g/mol. The predicted octanol–water partition coefficient (Wildman–Crippen LogP) is 3.57. The molecule has 1 atom stereocenters. The number of rotatable bonds is 3. The maximum absolute atomic E-state index is 13.0. The smallest absolute Gasteiger partial charge is 0.433 e. The molecule has 2 fully saturated rings. The van der Waals surface area contributed by atoms with Crippen LogP contribution in [0.5, 0.6) is 5.75 Å². The number of aliphatic hydroxyl groups is 1. The molecule has 0 amide bonds. The maximum atomic E-state index is 13.0. The number of halogens is 3. The second-order valence-electron chi connectivity index (χ2n) is 9.26. The number of benzene rings is 1. The summed E-state index contributed by atoms with van der Waals surface area (Å²) in [5, 5.41) is 24.0. The van der Waals surface area contributed by atoms with Gasteiger partial charge in [-0.05, 0) is 76.0 Å². The number of hydrogen-bond donors (Lipinski definition) is 3. The van der Waals surface area contributed by atoms with E-state index in [1.165, 1.54) is 6.20 Å². The zero-order chi connectivity index (χ0) is 23.3. The molecule has 4 rings (SSSR count). The van der Waals surface area contributed by atoms with E-state index in [9.17, 15) is 23.4 Å². The number of anilines is 1. The van der Waals surface area contributed by atoms with Crippen LogP contribution >= 0.6 is 0 Å². The van der Waals surface area contributed by atoms with Crippen molar-refractivity contribution in [2.75, 3.05) is 25.5 Å². The van der Waals surface area contributed by atoms with Gasteiger partial charge < -0.3 is 15.1 Å². The zero-order valence-electron chi connectivity index (χ0n) is 18.4. The van der Waals surface area contributed by atoms with Crippen LogP contribution in [0.15, 0.2) is 36.5 Å². The van der Waals surface area contributed by atoms with Crippen molar-refractivity contribution < 1.29 is 23.4 Å². The van der Waals surface area contributed by atoms with Crippen LogP contribution in [0.3, 0.4) is 0 Å². The van der Waals surface area contributed by atoms with Gasteiger partial charge in [-0.3, -0.25) is 10.2 Å². The molecule has 0 bridgehead atoms. The largest absolute Gasteiger partial charge is 0.508 e. The number of phenolic OH excluding ortho intramolecular Hbond substituents is 1. The molecule has 6 nitrogen and oxygen atoms in total. The Balaban J connectivity index is 1.55. The summed E-state index contributed by atoms with van der Waals surface area (Å²) in [6, 6.07) is 8.36. The highest BCUT2D eigenvalue weighted by atomic mass is 19.4. The van der Waals surface area contributed by atoms with E-state index in [4.69, 9.17) is 0 Å². The van der Waals surface area contributed by atoms with Gasteiger partial charge in [-0.1, -0.05) is 12.1 Å². The number of aromatic nitrogens is 1. The van der Waals surface area contributed by atoms with Crippen LogP contribution in [-0.2, 0) is 11.7 Å². The molecular formula is C23H29F3N4O2. The van der Waals surface area contributed by atoms with Crippen molar-refractivity contribution in [2.24, 2.45) is 0 Å². The fourth-order valence-electron chi connectivity index (χ4n) is 5.27. The second kappa shape index (κ2) is 7.90. The van der Waals surface area contributed by atoms with Gasteiger partial charge in [0.2, 0.25) is 0 Å². The molecule has 9 heteroatoms. The minimum Gasteiger partial charge on any atom is -0.508 e. The van der Waals surface area contributed by atoms with Crippen molar-refractivity contribution in [3.05, 3.63) is 53.3 Å². The molecule has 1 aliphatic heterocycles. The third-order valence-electron chi connectivity index (χ3n) is 7.16. The summed E-state index contributed by atoms with van der Waals surface area (Å²) in [5.41, 5.74) is 0.432. The van der Waals surface area contributed by atoms with Gasteiger partial charge in [0.05, 0.1) is 11.9 Å². The maximum Gasteiger partial charge on any atom is 0.433 e. The molecule has 2 aromatic rings. The van der Waals surface area contributed by atoms with Crippen molar-refractivity contribution in [1.29, 1.82) is 0 Å². The fraction of sp³-hybridized carbons (Fsp3) is 0.522. The van der Waals surface area contributed by atoms with Crippen LogP contribution in [0.4, 0.5) is 18.9 Å². The lowest BCUT2D eigenvalue weighted by Crippen LogP contribution is -2.54. The predicted molar refractivity (Wildman–Crippen MR) is 115 cm³/mol. The molecule has 32 heavy (non-hydrogen) atoms. The van der Waals surface area contributed by atoms with Gasteiger partial charge in [0.15, 0.2) is 6.35 Å². The van der Waals surface area contributed by atoms with Crippen LogP contribution in [0.25, 0.3) is 0 Å². The lowest BCUT2D eigenvalue weighted by Gasteiger charge is -2.49. The number of nitrogens with zero attached hydrogens (tertiary/aromatic N) is 3. The Labute approximate surface area is 185 Å². The first-order valence-electron chi connectivity index (χ1n) is 10.7. The Kier molecular flexibility index (Phi) is 5.63. The monoisotopic (exact) mass is 450 g/mol. The molecule has 1 saturated carbocycles. The summed E-state index contributed by atoms with van der Waals surface area (Å²) in [6.45, 7) is 2.08. The van der Waals surface area contributed by atoms with Crippen LogP contribution in [-0.4, -0.2) is 52.6 Å². The Hall–Kier alpha value is -2.36. The number of aromatic hydroxyl groups is 1. The average Bonchev–Trinajstić information content (AvgIpc) is 3.03. The van der Waals surface area contributed by atoms with Gasteiger partial charge in [0, 0.05) is 17.6 Å². The van der Waals surface area contributed by atoms with E-state index in [0.717, 1.165) is 37.3 Å². The van der Waals surface area contributed by atoms with E-state index >= 15 is 0 Å². The minimum absolute atomic E-state index is 0.231. The zero-order valence-corrected chi connectivity index (χ0v) is 18.4. The summed E-state index contributed by atoms with van der Waals surface area (Å²) in [4.78, 5) is 7.46. The molecule has 0 radical (unpaired) electrons. The number of aliphatic hydroxyl groups excluding tert-OH is 1. The van der Waals surface area contributed by atoms with Crippen molar-refractivity contribution in [3.63, 3.8) is 0 Å². The lowest BCUT2D eigenvalue weighted by atomic mass is 9.69. The Morgan fingerprint density at radius 2 is 1.84 bits per heavy atom. The molecular weight excluding hydrogens is 421 g/mol. The third kappa shape index (κ3) is 3.93. The Morgan fingerprint density at radius 3 is 2.41 bits per heavy atom. The lowest BCUT2D eigenvalue weighted by molar-refractivity contribution is -0.141. The molecule has 174 valence electrons. The number of aryl methyl sites for hydroxylation is 1. The van der Waals surface area contributed by atoms with Gasteiger partial charge in [-0.2, -0.15) is 13.2 Å². The van der Waals surface area contributed by atoms with E-state index in [2.05, 4.69) is 15.2 Å². The Morgan fingerprint density at radius 1 is 1.16 bits per heavy atom. The van der Waals surface area contributed by atoms with Gasteiger partial charge in [0.25, 0.3) is 0 Å². The van der Waals surface area contributed by atoms with Crippen molar-refractivity contribution in [3.8, 4) is 5.75 Å². The third-order valence-corrected chi connectivity index (χ3v) is 7.16. The molecule has 1 unspecified atom stereocenters. The highest BCUT2D eigenvalue weighted by molar-refractivity contribution is 5.54. The van der Waals surface area contributed by atoms with Crippen LogP contribution < -0.4 is 10.2 Å². The molecule has 1 saturated heterocycles. The molecule has 1 aliphatic carbocycles. The molecule has 2 aliphatic rings. The van der Waals surface area contributed by atoms with Crippen molar-refractivity contribution in [2.45, 2.75) is 56.2 Å². The van der Waals surface area contributed by atoms with E-state index in [1.807, 2.05) is 26.2 Å². The topological polar surface area (TPSA) is 71.9 Å². The van der Waals surface area contributed by atoms with Gasteiger partial charge >= 0.3 is 6.18 Å². The van der Waals surface area contributed by atoms with Crippen molar-refractivity contribution in [1.82, 2.24) is 15.2 Å². The van der Waals surface area contributed by atoms with Crippen LogP contribution in [0.1, 0.15) is 42.5 Å². The minimum atomic E-state index is -4.50. The summed E-state index contributed by atoms with van der Waals surface area (Å²) in [5.74, 6) is 0.231. The highest BCUT2D eigenvalue weighted by Crippen LogP contribution is 2.47. The SMILES string of the molecule is Cc1cc(C(F)(F)F)ncc1N1CC2(CCC(c3cccc(O)c3)(N(C)C)CC2)NC1O. The van der Waals surface area contributed by atoms with Gasteiger partial charge in [-0.25, -0.2) is 4.98 Å². The number of hydrogen-bond acceptors (Lipinski definition) is 6.